The number of unbranched alkanes of at least 4 members (excludes halogenated alkanes) is 2. The number of ether oxygens (including phenoxy) is 2. The third kappa shape index (κ3) is 6.06. The van der Waals surface area contributed by atoms with E-state index in [0.717, 1.165) is 11.3 Å². The van der Waals surface area contributed by atoms with E-state index in [1.165, 1.54) is 31.2 Å². The lowest BCUT2D eigenvalue weighted by Crippen LogP contribution is -2.28. The zero-order valence-electron chi connectivity index (χ0n) is 14.2. The fraction of sp³-hybridized carbons (Fsp3) is 0.667. The van der Waals surface area contributed by atoms with Gasteiger partial charge in [-0.25, -0.2) is 0 Å². The molecular formula is C18H31NO2. The van der Waals surface area contributed by atoms with Crippen LogP contribution in [-0.4, -0.2) is 20.3 Å². The Morgan fingerprint density at radius 3 is 2.52 bits per heavy atom. The maximum Gasteiger partial charge on any atom is 0.124 e. The van der Waals surface area contributed by atoms with Gasteiger partial charge in [-0.3, -0.25) is 0 Å². The van der Waals surface area contributed by atoms with Gasteiger partial charge in [-0.2, -0.15) is 0 Å². The Labute approximate surface area is 130 Å². The number of benzene rings is 1. The minimum absolute atomic E-state index is 0.336. The first-order valence-electron chi connectivity index (χ1n) is 8.04. The lowest BCUT2D eigenvalue weighted by Gasteiger charge is -2.21. The van der Waals surface area contributed by atoms with Crippen molar-refractivity contribution < 1.29 is 9.47 Å². The van der Waals surface area contributed by atoms with E-state index in [9.17, 15) is 0 Å². The van der Waals surface area contributed by atoms with E-state index in [1.54, 1.807) is 14.2 Å². The van der Waals surface area contributed by atoms with E-state index < -0.39 is 0 Å². The fourth-order valence-electron chi connectivity index (χ4n) is 2.64. The second-order valence-corrected chi connectivity index (χ2v) is 5.79. The molecule has 1 aromatic carbocycles. The molecule has 0 aliphatic carbocycles. The smallest absolute Gasteiger partial charge is 0.124 e. The van der Waals surface area contributed by atoms with Crippen LogP contribution in [0.25, 0.3) is 0 Å². The zero-order chi connectivity index (χ0) is 15.7. The van der Waals surface area contributed by atoms with Crippen molar-refractivity contribution in [2.45, 2.75) is 65.1 Å². The van der Waals surface area contributed by atoms with E-state index >= 15 is 0 Å². The molecule has 0 spiro atoms. The van der Waals surface area contributed by atoms with Crippen LogP contribution in [0.15, 0.2) is 18.2 Å². The highest BCUT2D eigenvalue weighted by Crippen LogP contribution is 2.24. The average Bonchev–Trinajstić information content (AvgIpc) is 2.47. The number of hydrogen-bond acceptors (Lipinski definition) is 3. The van der Waals surface area contributed by atoms with Crippen molar-refractivity contribution >= 4 is 0 Å². The molecule has 0 bridgehead atoms. The first-order valence-corrected chi connectivity index (χ1v) is 8.04. The van der Waals surface area contributed by atoms with E-state index in [4.69, 9.17) is 9.47 Å². The third-order valence-electron chi connectivity index (χ3n) is 3.88. The van der Waals surface area contributed by atoms with Gasteiger partial charge in [-0.1, -0.05) is 32.3 Å². The summed E-state index contributed by atoms with van der Waals surface area (Å²) in [5.41, 5.74) is 2.38. The van der Waals surface area contributed by atoms with Gasteiger partial charge >= 0.3 is 0 Å². The largest absolute Gasteiger partial charge is 0.496 e. The predicted molar refractivity (Wildman–Crippen MR) is 88.9 cm³/mol. The average molecular weight is 293 g/mol. The Morgan fingerprint density at radius 2 is 1.90 bits per heavy atom. The van der Waals surface area contributed by atoms with Gasteiger partial charge in [0.1, 0.15) is 5.75 Å². The molecule has 0 aromatic heterocycles. The lowest BCUT2D eigenvalue weighted by molar-refractivity contribution is 0.181. The van der Waals surface area contributed by atoms with Crippen LogP contribution in [0.4, 0.5) is 0 Å². The number of methoxy groups -OCH3 is 2. The summed E-state index contributed by atoms with van der Waals surface area (Å²) >= 11 is 0. The molecule has 0 radical (unpaired) electrons. The molecule has 2 atom stereocenters. The quantitative estimate of drug-likeness (QED) is 0.646. The molecule has 0 heterocycles. The van der Waals surface area contributed by atoms with Crippen LogP contribution in [0.3, 0.4) is 0 Å². The lowest BCUT2D eigenvalue weighted by atomic mass is 10.0. The minimum Gasteiger partial charge on any atom is -0.496 e. The highest BCUT2D eigenvalue weighted by molar-refractivity contribution is 5.38. The van der Waals surface area contributed by atoms with Crippen LogP contribution in [0.1, 0.15) is 63.6 Å². The molecule has 0 aliphatic heterocycles. The molecule has 21 heavy (non-hydrogen) atoms. The van der Waals surface area contributed by atoms with Crippen molar-refractivity contribution in [2.75, 3.05) is 14.2 Å². The van der Waals surface area contributed by atoms with Crippen LogP contribution < -0.4 is 10.1 Å². The number of nitrogens with one attached hydrogen (secondary N) is 1. The topological polar surface area (TPSA) is 30.5 Å². The molecule has 0 saturated carbocycles. The van der Waals surface area contributed by atoms with Crippen molar-refractivity contribution in [3.8, 4) is 5.75 Å². The van der Waals surface area contributed by atoms with Crippen molar-refractivity contribution in [1.82, 2.24) is 5.32 Å². The van der Waals surface area contributed by atoms with E-state index in [1.807, 2.05) is 6.07 Å². The van der Waals surface area contributed by atoms with Crippen molar-refractivity contribution in [3.05, 3.63) is 29.3 Å². The maximum atomic E-state index is 5.38. The normalized spacial score (nSPS) is 14.0. The zero-order valence-corrected chi connectivity index (χ0v) is 14.2. The van der Waals surface area contributed by atoms with E-state index in [-0.39, 0.29) is 0 Å². The molecule has 120 valence electrons. The van der Waals surface area contributed by atoms with Gasteiger partial charge < -0.3 is 14.8 Å². The van der Waals surface area contributed by atoms with Gasteiger partial charge in [0, 0.05) is 24.8 Å². The van der Waals surface area contributed by atoms with Crippen molar-refractivity contribution in [3.63, 3.8) is 0 Å². The maximum absolute atomic E-state index is 5.38. The Bertz CT molecular complexity index is 406. The third-order valence-corrected chi connectivity index (χ3v) is 3.88. The second-order valence-electron chi connectivity index (χ2n) is 5.79. The molecule has 1 aromatic rings. The Balaban J connectivity index is 2.64. The predicted octanol–water partition coefficient (Wildman–Crippen LogP) is 4.46. The van der Waals surface area contributed by atoms with Gasteiger partial charge in [0.2, 0.25) is 0 Å². The monoisotopic (exact) mass is 293 g/mol. The second kappa shape index (κ2) is 9.80. The molecule has 1 rings (SSSR count). The number of hydrogen-bond donors (Lipinski definition) is 1. The highest BCUT2D eigenvalue weighted by Gasteiger charge is 2.12. The Hall–Kier alpha value is -1.06. The summed E-state index contributed by atoms with van der Waals surface area (Å²) in [5.74, 6) is 0.892. The van der Waals surface area contributed by atoms with Crippen LogP contribution in [0, 0.1) is 0 Å². The number of rotatable bonds is 10. The summed E-state index contributed by atoms with van der Waals surface area (Å²) < 4.78 is 10.6. The first kappa shape index (κ1) is 18.0. The van der Waals surface area contributed by atoms with Crippen LogP contribution >= 0.6 is 0 Å². The first-order chi connectivity index (χ1) is 10.1. The van der Waals surface area contributed by atoms with Gasteiger partial charge in [0.05, 0.1) is 13.7 Å². The highest BCUT2D eigenvalue weighted by atomic mass is 16.5. The van der Waals surface area contributed by atoms with E-state index in [2.05, 4.69) is 38.2 Å². The van der Waals surface area contributed by atoms with Crippen LogP contribution in [0.5, 0.6) is 5.75 Å². The molecule has 3 heteroatoms. The van der Waals surface area contributed by atoms with Gasteiger partial charge in [0.15, 0.2) is 0 Å². The summed E-state index contributed by atoms with van der Waals surface area (Å²) in [6, 6.07) is 7.22. The molecule has 0 saturated heterocycles. The van der Waals surface area contributed by atoms with Gasteiger partial charge in [-0.15, -0.1) is 0 Å². The summed E-state index contributed by atoms with van der Waals surface area (Å²) in [5, 5.41) is 3.68. The fourth-order valence-corrected chi connectivity index (χ4v) is 2.64. The summed E-state index contributed by atoms with van der Waals surface area (Å²) in [7, 11) is 3.41. The van der Waals surface area contributed by atoms with Crippen molar-refractivity contribution in [2.24, 2.45) is 0 Å². The van der Waals surface area contributed by atoms with E-state index in [0.29, 0.717) is 18.7 Å². The molecule has 0 amide bonds. The van der Waals surface area contributed by atoms with Crippen LogP contribution in [-0.2, 0) is 11.3 Å². The molecule has 0 aliphatic rings. The minimum atomic E-state index is 0.336. The summed E-state index contributed by atoms with van der Waals surface area (Å²) in [4.78, 5) is 0. The molecule has 2 unspecified atom stereocenters. The summed E-state index contributed by atoms with van der Waals surface area (Å²) in [6.07, 6.45) is 5.14. The van der Waals surface area contributed by atoms with Crippen molar-refractivity contribution in [1.29, 1.82) is 0 Å². The standard InChI is InChI=1S/C18H31NO2/c1-6-7-8-9-14(2)19-15(3)16-10-11-18(21-5)17(12-16)13-20-4/h10-12,14-15,19H,6-9,13H2,1-5H3. The Kier molecular flexibility index (Phi) is 8.40. The Morgan fingerprint density at radius 1 is 1.14 bits per heavy atom. The molecule has 0 fully saturated rings. The van der Waals surface area contributed by atoms with Crippen LogP contribution in [0.2, 0.25) is 0 Å². The SMILES string of the molecule is CCCCCC(C)NC(C)c1ccc(OC)c(COC)c1. The summed E-state index contributed by atoms with van der Waals surface area (Å²) in [6.45, 7) is 7.31. The molecule has 1 N–H and O–H groups in total. The molecular weight excluding hydrogens is 262 g/mol. The van der Waals surface area contributed by atoms with Gasteiger partial charge in [0.25, 0.3) is 0 Å². The van der Waals surface area contributed by atoms with Gasteiger partial charge in [-0.05, 0) is 38.0 Å². The molecule has 3 nitrogen and oxygen atoms in total.